The van der Waals surface area contributed by atoms with Gasteiger partial charge in [0.2, 0.25) is 0 Å². The van der Waals surface area contributed by atoms with Gasteiger partial charge in [-0.25, -0.2) is 4.79 Å². The van der Waals surface area contributed by atoms with Crippen LogP contribution >= 0.6 is 11.3 Å². The zero-order valence-electron chi connectivity index (χ0n) is 11.4. The van der Waals surface area contributed by atoms with Crippen molar-refractivity contribution in [3.63, 3.8) is 0 Å². The van der Waals surface area contributed by atoms with Crippen molar-refractivity contribution >= 4 is 17.3 Å². The minimum absolute atomic E-state index is 0.191. The van der Waals surface area contributed by atoms with Gasteiger partial charge in [-0.1, -0.05) is 27.2 Å². The second-order valence-corrected chi connectivity index (χ2v) is 5.83. The maximum Gasteiger partial charge on any atom is 0.348 e. The second kappa shape index (κ2) is 5.67. The zero-order valence-corrected chi connectivity index (χ0v) is 12.2. The Hall–Kier alpha value is -0.830. The summed E-state index contributed by atoms with van der Waals surface area (Å²) in [5.74, 6) is -0.214. The lowest BCUT2D eigenvalue weighted by Crippen LogP contribution is -2.18. The van der Waals surface area contributed by atoms with Crippen molar-refractivity contribution in [3.05, 3.63) is 21.4 Å². The first-order chi connectivity index (χ1) is 7.98. The Morgan fingerprint density at radius 3 is 2.59 bits per heavy atom. The number of carbonyl (C=O) groups is 1. The van der Waals surface area contributed by atoms with Crippen molar-refractivity contribution in [3.8, 4) is 0 Å². The molecule has 96 valence electrons. The quantitative estimate of drug-likeness (QED) is 0.732. The van der Waals surface area contributed by atoms with Crippen molar-refractivity contribution in [1.82, 2.24) is 0 Å². The summed E-state index contributed by atoms with van der Waals surface area (Å²) in [4.78, 5) is 13.7. The third-order valence-corrected chi connectivity index (χ3v) is 4.99. The standard InChI is InChI=1S/C14H22O2S/c1-6-8-14(4,7-2)11-9-10(3)12(17-11)13(15)16-5/h9H,6-8H2,1-5H3. The van der Waals surface area contributed by atoms with E-state index in [2.05, 4.69) is 26.8 Å². The molecule has 0 aliphatic heterocycles. The SMILES string of the molecule is CCCC(C)(CC)c1cc(C)c(C(=O)OC)s1. The maximum absolute atomic E-state index is 11.6. The van der Waals surface area contributed by atoms with E-state index in [0.717, 1.165) is 29.7 Å². The van der Waals surface area contributed by atoms with Gasteiger partial charge in [0.15, 0.2) is 0 Å². The monoisotopic (exact) mass is 254 g/mol. The van der Waals surface area contributed by atoms with Gasteiger partial charge in [-0.15, -0.1) is 11.3 Å². The molecular formula is C14H22O2S. The molecule has 0 amide bonds. The molecule has 1 atom stereocenters. The summed E-state index contributed by atoms with van der Waals surface area (Å²) in [5.41, 5.74) is 1.23. The summed E-state index contributed by atoms with van der Waals surface area (Å²) >= 11 is 1.59. The van der Waals surface area contributed by atoms with Crippen LogP contribution in [0.3, 0.4) is 0 Å². The molecule has 0 saturated carbocycles. The van der Waals surface area contributed by atoms with E-state index in [0.29, 0.717) is 0 Å². The number of hydrogen-bond acceptors (Lipinski definition) is 3. The predicted octanol–water partition coefficient (Wildman–Crippen LogP) is 4.31. The molecule has 1 rings (SSSR count). The van der Waals surface area contributed by atoms with Crippen molar-refractivity contribution in [2.24, 2.45) is 0 Å². The van der Waals surface area contributed by atoms with Crippen LogP contribution in [0.4, 0.5) is 0 Å². The van der Waals surface area contributed by atoms with Gasteiger partial charge >= 0.3 is 5.97 Å². The molecule has 2 nitrogen and oxygen atoms in total. The average Bonchev–Trinajstić information content (AvgIpc) is 2.71. The maximum atomic E-state index is 11.6. The number of aryl methyl sites for hydroxylation is 1. The first-order valence-corrected chi connectivity index (χ1v) is 6.99. The normalized spacial score (nSPS) is 14.4. The highest BCUT2D eigenvalue weighted by atomic mass is 32.1. The lowest BCUT2D eigenvalue weighted by molar-refractivity contribution is 0.0605. The van der Waals surface area contributed by atoms with Gasteiger partial charge in [0.1, 0.15) is 4.88 Å². The number of methoxy groups -OCH3 is 1. The van der Waals surface area contributed by atoms with Crippen molar-refractivity contribution in [2.75, 3.05) is 7.11 Å². The van der Waals surface area contributed by atoms with E-state index in [9.17, 15) is 4.79 Å². The van der Waals surface area contributed by atoms with Gasteiger partial charge < -0.3 is 4.74 Å². The molecule has 3 heteroatoms. The number of hydrogen-bond donors (Lipinski definition) is 0. The Balaban J connectivity index is 3.11. The third-order valence-electron chi connectivity index (χ3n) is 3.47. The Bertz CT molecular complexity index is 395. The highest BCUT2D eigenvalue weighted by molar-refractivity contribution is 7.14. The van der Waals surface area contributed by atoms with Crippen LogP contribution in [0.25, 0.3) is 0 Å². The predicted molar refractivity (Wildman–Crippen MR) is 72.9 cm³/mol. The zero-order chi connectivity index (χ0) is 13.1. The largest absolute Gasteiger partial charge is 0.465 e. The van der Waals surface area contributed by atoms with Gasteiger partial charge in [-0.3, -0.25) is 0 Å². The highest BCUT2D eigenvalue weighted by Crippen LogP contribution is 2.38. The van der Waals surface area contributed by atoms with Crippen molar-refractivity contribution in [2.45, 2.75) is 52.4 Å². The van der Waals surface area contributed by atoms with Crippen LogP contribution in [0.2, 0.25) is 0 Å². The fourth-order valence-electron chi connectivity index (χ4n) is 2.10. The van der Waals surface area contributed by atoms with Crippen molar-refractivity contribution in [1.29, 1.82) is 0 Å². The van der Waals surface area contributed by atoms with E-state index in [4.69, 9.17) is 4.74 Å². The fraction of sp³-hybridized carbons (Fsp3) is 0.643. The summed E-state index contributed by atoms with van der Waals surface area (Å²) in [6.45, 7) is 8.68. The van der Waals surface area contributed by atoms with Crippen LogP contribution in [-0.2, 0) is 10.2 Å². The van der Waals surface area contributed by atoms with E-state index in [1.54, 1.807) is 11.3 Å². The van der Waals surface area contributed by atoms with E-state index in [1.807, 2.05) is 6.92 Å². The lowest BCUT2D eigenvalue weighted by atomic mass is 9.81. The Morgan fingerprint density at radius 2 is 2.12 bits per heavy atom. The molecule has 1 heterocycles. The molecule has 17 heavy (non-hydrogen) atoms. The Kier molecular flexibility index (Phi) is 4.75. The average molecular weight is 254 g/mol. The Labute approximate surface area is 108 Å². The molecule has 1 aromatic heterocycles. The molecule has 1 unspecified atom stereocenters. The lowest BCUT2D eigenvalue weighted by Gasteiger charge is -2.26. The molecule has 0 saturated heterocycles. The first kappa shape index (κ1) is 14.2. The van der Waals surface area contributed by atoms with E-state index in [-0.39, 0.29) is 11.4 Å². The molecule has 0 radical (unpaired) electrons. The van der Waals surface area contributed by atoms with Crippen LogP contribution in [0.1, 0.15) is 60.1 Å². The number of thiophene rings is 1. The van der Waals surface area contributed by atoms with Crippen LogP contribution in [0.5, 0.6) is 0 Å². The molecule has 1 aromatic rings. The highest BCUT2D eigenvalue weighted by Gasteiger charge is 2.27. The van der Waals surface area contributed by atoms with Crippen molar-refractivity contribution < 1.29 is 9.53 Å². The summed E-state index contributed by atoms with van der Waals surface area (Å²) < 4.78 is 4.81. The van der Waals surface area contributed by atoms with Crippen LogP contribution in [0.15, 0.2) is 6.07 Å². The number of esters is 1. The molecule has 0 bridgehead atoms. The van der Waals surface area contributed by atoms with E-state index < -0.39 is 0 Å². The fourth-order valence-corrected chi connectivity index (χ4v) is 3.44. The number of carbonyl (C=O) groups excluding carboxylic acids is 1. The van der Waals surface area contributed by atoms with E-state index in [1.165, 1.54) is 12.0 Å². The summed E-state index contributed by atoms with van der Waals surface area (Å²) in [6.07, 6.45) is 3.42. The van der Waals surface area contributed by atoms with Crippen LogP contribution in [0, 0.1) is 6.92 Å². The topological polar surface area (TPSA) is 26.3 Å². The van der Waals surface area contributed by atoms with E-state index >= 15 is 0 Å². The molecule has 0 fully saturated rings. The molecular weight excluding hydrogens is 232 g/mol. The van der Waals surface area contributed by atoms with Gasteiger partial charge in [0, 0.05) is 10.3 Å². The van der Waals surface area contributed by atoms with Gasteiger partial charge in [-0.05, 0) is 31.4 Å². The summed E-state index contributed by atoms with van der Waals surface area (Å²) in [6, 6.07) is 2.15. The van der Waals surface area contributed by atoms with Gasteiger partial charge in [0.05, 0.1) is 7.11 Å². The third kappa shape index (κ3) is 2.89. The number of ether oxygens (including phenoxy) is 1. The second-order valence-electron chi connectivity index (χ2n) is 4.78. The number of rotatable bonds is 5. The minimum atomic E-state index is -0.214. The van der Waals surface area contributed by atoms with Crippen LogP contribution < -0.4 is 0 Å². The first-order valence-electron chi connectivity index (χ1n) is 6.17. The summed E-state index contributed by atoms with van der Waals surface area (Å²) in [5, 5.41) is 0. The Morgan fingerprint density at radius 1 is 1.47 bits per heavy atom. The van der Waals surface area contributed by atoms with Gasteiger partial charge in [-0.2, -0.15) is 0 Å². The summed E-state index contributed by atoms with van der Waals surface area (Å²) in [7, 11) is 1.44. The molecule has 0 spiro atoms. The molecule has 0 aliphatic carbocycles. The smallest absolute Gasteiger partial charge is 0.348 e. The molecule has 0 aromatic carbocycles. The van der Waals surface area contributed by atoms with Gasteiger partial charge in [0.25, 0.3) is 0 Å². The molecule has 0 N–H and O–H groups in total. The molecule has 0 aliphatic rings. The minimum Gasteiger partial charge on any atom is -0.465 e. The van der Waals surface area contributed by atoms with Crippen LogP contribution in [-0.4, -0.2) is 13.1 Å².